The number of hydrogen-bond donors (Lipinski definition) is 0. The molecule has 3 aromatic carbocycles. The highest BCUT2D eigenvalue weighted by molar-refractivity contribution is 7.90. The molecule has 0 aliphatic heterocycles. The van der Waals surface area contributed by atoms with Crippen molar-refractivity contribution in [3.8, 4) is 5.75 Å². The molecule has 1 aromatic heterocycles. The van der Waals surface area contributed by atoms with Gasteiger partial charge >= 0.3 is 6.18 Å². The molecular weight excluding hydrogens is 455 g/mol. The van der Waals surface area contributed by atoms with Crippen LogP contribution < -0.4 is 4.74 Å². The molecule has 0 radical (unpaired) electrons. The average Bonchev–Trinajstić information content (AvgIpc) is 3.17. The Hall–Kier alpha value is -3.59. The fourth-order valence-corrected chi connectivity index (χ4v) is 4.74. The van der Waals surface area contributed by atoms with Crippen molar-refractivity contribution >= 4 is 26.7 Å². The van der Waals surface area contributed by atoms with E-state index >= 15 is 0 Å². The monoisotopic (exact) mass is 473 g/mol. The Bertz CT molecular complexity index is 1420. The summed E-state index contributed by atoms with van der Waals surface area (Å²) in [6.07, 6.45) is -4.45. The summed E-state index contributed by atoms with van der Waals surface area (Å²) in [6, 6.07) is 19.0. The van der Waals surface area contributed by atoms with Crippen LogP contribution in [0.3, 0.4) is 0 Å². The van der Waals surface area contributed by atoms with Crippen molar-refractivity contribution in [2.75, 3.05) is 0 Å². The maximum atomic E-state index is 13.3. The highest BCUT2D eigenvalue weighted by Gasteiger charge is 2.41. The van der Waals surface area contributed by atoms with E-state index in [2.05, 4.69) is 0 Å². The fraction of sp³-hybridized carbons (Fsp3) is 0.125. The summed E-state index contributed by atoms with van der Waals surface area (Å²) in [5.74, 6) is -1.93. The summed E-state index contributed by atoms with van der Waals surface area (Å²) >= 11 is 0. The maximum Gasteiger partial charge on any atom is 0.454 e. The largest absolute Gasteiger partial charge is 0.489 e. The van der Waals surface area contributed by atoms with Crippen molar-refractivity contribution < 1.29 is 31.1 Å². The van der Waals surface area contributed by atoms with Crippen molar-refractivity contribution in [3.05, 3.63) is 95.7 Å². The first-order chi connectivity index (χ1) is 15.6. The topological polar surface area (TPSA) is 65.4 Å². The van der Waals surface area contributed by atoms with E-state index in [-0.39, 0.29) is 28.2 Å². The number of rotatable bonds is 6. The van der Waals surface area contributed by atoms with Gasteiger partial charge in [0.2, 0.25) is 0 Å². The number of ketones is 1. The van der Waals surface area contributed by atoms with Crippen molar-refractivity contribution in [3.63, 3.8) is 0 Å². The molecule has 1 heterocycles. The summed E-state index contributed by atoms with van der Waals surface area (Å²) in [6.45, 7) is 1.93. The summed E-state index contributed by atoms with van der Waals surface area (Å²) in [4.78, 5) is 12.0. The molecule has 4 aromatic rings. The number of hydrogen-bond acceptors (Lipinski definition) is 4. The fourth-order valence-electron chi connectivity index (χ4n) is 3.37. The molecule has 0 aliphatic rings. The van der Waals surface area contributed by atoms with E-state index in [4.69, 9.17) is 4.74 Å². The van der Waals surface area contributed by atoms with Crippen LogP contribution in [-0.4, -0.2) is 24.3 Å². The van der Waals surface area contributed by atoms with E-state index in [0.717, 1.165) is 17.3 Å². The van der Waals surface area contributed by atoms with E-state index in [1.165, 1.54) is 30.3 Å². The summed E-state index contributed by atoms with van der Waals surface area (Å²) in [5.41, 5.74) is 0.830. The van der Waals surface area contributed by atoms with Gasteiger partial charge in [-0.1, -0.05) is 48.0 Å². The van der Waals surface area contributed by atoms with Gasteiger partial charge in [0.1, 0.15) is 12.4 Å². The Morgan fingerprint density at radius 3 is 2.27 bits per heavy atom. The number of carbonyl (C=O) groups is 1. The van der Waals surface area contributed by atoms with Gasteiger partial charge in [-0.15, -0.1) is 0 Å². The molecule has 0 unspecified atom stereocenters. The normalized spacial score (nSPS) is 12.1. The van der Waals surface area contributed by atoms with Crippen molar-refractivity contribution in [2.45, 2.75) is 24.6 Å². The minimum atomic E-state index is -5.17. The number of aromatic nitrogens is 1. The molecule has 0 spiro atoms. The zero-order valence-electron chi connectivity index (χ0n) is 17.3. The standard InChI is InChI=1S/C24H18F3NO4S/c1-16-7-10-19(11-8-16)33(30,31)28-14-21(23(29)24(25,26)27)20-13-18(9-12-22(20)28)32-15-17-5-3-2-4-6-17/h2-14H,15H2,1H3. The lowest BCUT2D eigenvalue weighted by atomic mass is 10.1. The molecule has 0 saturated carbocycles. The first-order valence-electron chi connectivity index (χ1n) is 9.83. The molecular formula is C24H18F3NO4S. The molecule has 0 saturated heterocycles. The van der Waals surface area contributed by atoms with Gasteiger partial charge in [-0.3, -0.25) is 4.79 Å². The van der Waals surface area contributed by atoms with Crippen molar-refractivity contribution in [2.24, 2.45) is 0 Å². The molecule has 5 nitrogen and oxygen atoms in total. The van der Waals surface area contributed by atoms with E-state index in [1.807, 2.05) is 30.3 Å². The number of benzene rings is 3. The van der Waals surface area contributed by atoms with E-state index < -0.39 is 27.5 Å². The Balaban J connectivity index is 1.83. The molecule has 170 valence electrons. The molecule has 9 heteroatoms. The number of fused-ring (bicyclic) bond motifs is 1. The Morgan fingerprint density at radius 1 is 0.970 bits per heavy atom. The highest BCUT2D eigenvalue weighted by atomic mass is 32.2. The lowest BCUT2D eigenvalue weighted by molar-refractivity contribution is -0.0884. The SMILES string of the molecule is Cc1ccc(S(=O)(=O)n2cc(C(=O)C(F)(F)F)c3cc(OCc4ccccc4)ccc32)cc1. The summed E-state index contributed by atoms with van der Waals surface area (Å²) < 4.78 is 72.5. The molecule has 0 fully saturated rings. The zero-order chi connectivity index (χ0) is 23.8. The van der Waals surface area contributed by atoms with Gasteiger partial charge in [-0.25, -0.2) is 12.4 Å². The maximum absolute atomic E-state index is 13.3. The molecule has 0 atom stereocenters. The molecule has 0 aliphatic carbocycles. The summed E-state index contributed by atoms with van der Waals surface area (Å²) in [7, 11) is -4.25. The minimum Gasteiger partial charge on any atom is -0.489 e. The first kappa shape index (κ1) is 22.6. The number of ether oxygens (including phenoxy) is 1. The zero-order valence-corrected chi connectivity index (χ0v) is 18.2. The average molecular weight is 473 g/mol. The number of nitrogens with zero attached hydrogens (tertiary/aromatic N) is 1. The highest BCUT2D eigenvalue weighted by Crippen LogP contribution is 2.33. The van der Waals surface area contributed by atoms with Gasteiger partial charge in [-0.2, -0.15) is 13.2 Å². The molecule has 0 bridgehead atoms. The van der Waals surface area contributed by atoms with E-state index in [9.17, 15) is 26.4 Å². The minimum absolute atomic E-state index is 0.0600. The molecule has 33 heavy (non-hydrogen) atoms. The van der Waals surface area contributed by atoms with Gasteiger partial charge in [-0.05, 0) is 42.8 Å². The number of alkyl halides is 3. The van der Waals surface area contributed by atoms with Gasteiger partial charge in [0.25, 0.3) is 15.8 Å². The molecule has 4 rings (SSSR count). The Kier molecular flexibility index (Phi) is 5.75. The van der Waals surface area contributed by atoms with Gasteiger partial charge < -0.3 is 4.74 Å². The number of carbonyl (C=O) groups excluding carboxylic acids is 1. The Labute approximate surface area is 188 Å². The van der Waals surface area contributed by atoms with Gasteiger partial charge in [0.05, 0.1) is 16.0 Å². The van der Waals surface area contributed by atoms with Crippen LogP contribution in [0.15, 0.2) is 83.9 Å². The first-order valence-corrected chi connectivity index (χ1v) is 11.3. The van der Waals surface area contributed by atoms with Crippen molar-refractivity contribution in [1.82, 2.24) is 3.97 Å². The third-order valence-corrected chi connectivity index (χ3v) is 6.76. The van der Waals surface area contributed by atoms with Crippen LogP contribution in [0.2, 0.25) is 0 Å². The predicted molar refractivity (Wildman–Crippen MR) is 117 cm³/mol. The van der Waals surface area contributed by atoms with E-state index in [0.29, 0.717) is 3.97 Å². The molecule has 0 amide bonds. The number of Topliss-reactive ketones (excluding diaryl/α,β-unsaturated/α-hetero) is 1. The summed E-state index contributed by atoms with van der Waals surface area (Å²) in [5, 5.41) is -0.168. The third-order valence-electron chi connectivity index (χ3n) is 5.07. The number of halogens is 3. The lowest BCUT2D eigenvalue weighted by Gasteiger charge is -2.09. The van der Waals surface area contributed by atoms with Gasteiger partial charge in [0, 0.05) is 11.6 Å². The quantitative estimate of drug-likeness (QED) is 0.347. The number of aryl methyl sites for hydroxylation is 1. The van der Waals surface area contributed by atoms with Crippen LogP contribution in [0, 0.1) is 6.92 Å². The smallest absolute Gasteiger partial charge is 0.454 e. The van der Waals surface area contributed by atoms with Crippen molar-refractivity contribution in [1.29, 1.82) is 0 Å². The van der Waals surface area contributed by atoms with Crippen LogP contribution in [0.5, 0.6) is 5.75 Å². The van der Waals surface area contributed by atoms with Crippen LogP contribution in [0.4, 0.5) is 13.2 Å². The molecule has 0 N–H and O–H groups in total. The van der Waals surface area contributed by atoms with Crippen LogP contribution >= 0.6 is 0 Å². The van der Waals surface area contributed by atoms with Crippen LogP contribution in [0.1, 0.15) is 21.5 Å². The third kappa shape index (κ3) is 4.49. The van der Waals surface area contributed by atoms with Crippen LogP contribution in [-0.2, 0) is 16.6 Å². The second-order valence-electron chi connectivity index (χ2n) is 7.44. The predicted octanol–water partition coefficient (Wildman–Crippen LogP) is 5.51. The van der Waals surface area contributed by atoms with Gasteiger partial charge in [0.15, 0.2) is 0 Å². The second-order valence-corrected chi connectivity index (χ2v) is 9.25. The Morgan fingerprint density at radius 2 is 1.64 bits per heavy atom. The van der Waals surface area contributed by atoms with Crippen LogP contribution in [0.25, 0.3) is 10.9 Å². The lowest BCUT2D eigenvalue weighted by Crippen LogP contribution is -2.22. The van der Waals surface area contributed by atoms with E-state index in [1.54, 1.807) is 19.1 Å². The second kappa shape index (κ2) is 8.40.